The molecule has 0 saturated carbocycles. The lowest BCUT2D eigenvalue weighted by Gasteiger charge is -2.22. The van der Waals surface area contributed by atoms with E-state index < -0.39 is 26.0 Å². The lowest BCUT2D eigenvalue weighted by atomic mass is 9.91. The predicted molar refractivity (Wildman–Crippen MR) is 170 cm³/mol. The number of aromatic nitrogens is 1. The van der Waals surface area contributed by atoms with E-state index in [1.807, 2.05) is 38.1 Å². The second-order valence-electron chi connectivity index (χ2n) is 11.1. The fourth-order valence-corrected chi connectivity index (χ4v) is 8.96. The first kappa shape index (κ1) is 29.9. The summed E-state index contributed by atoms with van der Waals surface area (Å²) < 4.78 is 71.0. The van der Waals surface area contributed by atoms with Crippen LogP contribution in [0.4, 0.5) is 0 Å². The third-order valence-electron chi connectivity index (χ3n) is 8.34. The number of rotatable bonds is 7. The SMILES string of the molecule is COc1ccc(C2CCN(S(=O)(=O)c3ccc(C)cc3)Cc3c2n(S(=O)(=O)c2ccc(C)cc2)c2ccc(OC)cc32)cc1. The van der Waals surface area contributed by atoms with Crippen LogP contribution in [0.5, 0.6) is 11.5 Å². The van der Waals surface area contributed by atoms with Crippen LogP contribution in [0.2, 0.25) is 0 Å². The van der Waals surface area contributed by atoms with Crippen molar-refractivity contribution in [3.63, 3.8) is 0 Å². The zero-order chi connectivity index (χ0) is 31.2. The Labute approximate surface area is 258 Å². The Hall–Kier alpha value is -4.12. The first-order valence-corrected chi connectivity index (χ1v) is 17.2. The van der Waals surface area contributed by atoms with E-state index in [0.717, 1.165) is 16.7 Å². The fourth-order valence-electron chi connectivity index (χ4n) is 5.93. The molecule has 10 heteroatoms. The van der Waals surface area contributed by atoms with E-state index in [0.29, 0.717) is 40.1 Å². The average molecular weight is 631 g/mol. The van der Waals surface area contributed by atoms with Gasteiger partial charge in [0.15, 0.2) is 0 Å². The minimum Gasteiger partial charge on any atom is -0.497 e. The van der Waals surface area contributed by atoms with Gasteiger partial charge in [0, 0.05) is 30.1 Å². The largest absolute Gasteiger partial charge is 0.497 e. The zero-order valence-electron chi connectivity index (χ0n) is 25.0. The van der Waals surface area contributed by atoms with Crippen LogP contribution in [0, 0.1) is 13.8 Å². The molecule has 0 bridgehead atoms. The third kappa shape index (κ3) is 5.16. The van der Waals surface area contributed by atoms with Crippen molar-refractivity contribution < 1.29 is 26.3 Å². The van der Waals surface area contributed by atoms with Gasteiger partial charge in [0.2, 0.25) is 10.0 Å². The van der Waals surface area contributed by atoms with Crippen molar-refractivity contribution in [1.29, 1.82) is 0 Å². The highest BCUT2D eigenvalue weighted by Gasteiger charge is 2.38. The van der Waals surface area contributed by atoms with Crippen molar-refractivity contribution in [2.45, 2.75) is 42.5 Å². The van der Waals surface area contributed by atoms with Gasteiger partial charge in [-0.15, -0.1) is 0 Å². The summed E-state index contributed by atoms with van der Waals surface area (Å²) in [4.78, 5) is 0.349. The number of fused-ring (bicyclic) bond motifs is 3. The Morgan fingerprint density at radius 2 is 1.23 bits per heavy atom. The normalized spacial score (nSPS) is 16.0. The predicted octanol–water partition coefficient (Wildman–Crippen LogP) is 6.24. The van der Waals surface area contributed by atoms with Crippen LogP contribution in [0.3, 0.4) is 0 Å². The summed E-state index contributed by atoms with van der Waals surface area (Å²) in [6, 6.07) is 26.3. The maximum Gasteiger partial charge on any atom is 0.268 e. The van der Waals surface area contributed by atoms with E-state index in [1.165, 1.54) is 8.28 Å². The van der Waals surface area contributed by atoms with E-state index in [-0.39, 0.29) is 22.9 Å². The monoisotopic (exact) mass is 630 g/mol. The van der Waals surface area contributed by atoms with Crippen LogP contribution in [0.15, 0.2) is 101 Å². The number of nitrogens with zero attached hydrogens (tertiary/aromatic N) is 2. The molecule has 0 aliphatic carbocycles. The summed E-state index contributed by atoms with van der Waals surface area (Å²) in [5, 5.41) is 0.625. The molecule has 1 atom stereocenters. The molecule has 1 aliphatic heterocycles. The maximum atomic E-state index is 14.5. The maximum absolute atomic E-state index is 14.5. The minimum atomic E-state index is -4.10. The number of ether oxygens (including phenoxy) is 2. The molecule has 6 rings (SSSR count). The second-order valence-corrected chi connectivity index (χ2v) is 14.8. The summed E-state index contributed by atoms with van der Waals surface area (Å²) in [5.41, 5.74) is 4.39. The molecular weight excluding hydrogens is 597 g/mol. The smallest absolute Gasteiger partial charge is 0.268 e. The molecule has 0 fully saturated rings. The molecule has 0 amide bonds. The van der Waals surface area contributed by atoms with Crippen molar-refractivity contribution in [3.05, 3.63) is 119 Å². The molecule has 4 aromatic carbocycles. The van der Waals surface area contributed by atoms with E-state index in [1.54, 1.807) is 80.9 Å². The molecule has 1 unspecified atom stereocenters. The van der Waals surface area contributed by atoms with Gasteiger partial charge in [-0.3, -0.25) is 0 Å². The standard InChI is InChI=1S/C34H34N2O6S2/c1-23-5-14-28(15-6-23)43(37,38)35-20-19-30(25-9-11-26(41-3)12-10-25)34-32(22-35)31-21-27(42-4)13-18-33(31)36(34)44(39,40)29-16-7-24(2)8-17-29/h5-18,21,30H,19-20,22H2,1-4H3. The number of methoxy groups -OCH3 is 2. The van der Waals surface area contributed by atoms with Crippen molar-refractivity contribution in [3.8, 4) is 11.5 Å². The molecule has 0 spiro atoms. The highest BCUT2D eigenvalue weighted by Crippen LogP contribution is 2.43. The highest BCUT2D eigenvalue weighted by molar-refractivity contribution is 7.90. The van der Waals surface area contributed by atoms with Gasteiger partial charge in [0.05, 0.1) is 29.5 Å². The fraction of sp³-hybridized carbons (Fsp3) is 0.235. The Balaban J connectivity index is 1.64. The van der Waals surface area contributed by atoms with Crippen LogP contribution >= 0.6 is 0 Å². The van der Waals surface area contributed by atoms with Crippen LogP contribution in [0.1, 0.15) is 40.3 Å². The van der Waals surface area contributed by atoms with Gasteiger partial charge < -0.3 is 9.47 Å². The summed E-state index contributed by atoms with van der Waals surface area (Å²) >= 11 is 0. The number of aryl methyl sites for hydroxylation is 2. The van der Waals surface area contributed by atoms with E-state index in [4.69, 9.17) is 9.47 Å². The lowest BCUT2D eigenvalue weighted by molar-refractivity contribution is 0.405. The van der Waals surface area contributed by atoms with Crippen molar-refractivity contribution >= 4 is 30.9 Å². The molecule has 0 radical (unpaired) electrons. The van der Waals surface area contributed by atoms with Gasteiger partial charge in [-0.25, -0.2) is 20.8 Å². The van der Waals surface area contributed by atoms with Crippen LogP contribution in [-0.2, 0) is 26.6 Å². The molecule has 0 saturated heterocycles. The average Bonchev–Trinajstić information content (AvgIpc) is 3.21. The van der Waals surface area contributed by atoms with E-state index >= 15 is 0 Å². The number of hydrogen-bond donors (Lipinski definition) is 0. The quantitative estimate of drug-likeness (QED) is 0.211. The summed E-state index contributed by atoms with van der Waals surface area (Å²) in [6.45, 7) is 4.00. The lowest BCUT2D eigenvalue weighted by Crippen LogP contribution is -2.31. The number of hydrogen-bond acceptors (Lipinski definition) is 6. The first-order valence-electron chi connectivity index (χ1n) is 14.3. The molecule has 228 valence electrons. The van der Waals surface area contributed by atoms with Gasteiger partial charge in [0.25, 0.3) is 10.0 Å². The van der Waals surface area contributed by atoms with Crippen molar-refractivity contribution in [2.75, 3.05) is 20.8 Å². The second kappa shape index (κ2) is 11.4. The molecule has 44 heavy (non-hydrogen) atoms. The number of benzene rings is 4. The van der Waals surface area contributed by atoms with Crippen LogP contribution in [0.25, 0.3) is 10.9 Å². The Kier molecular flexibility index (Phi) is 7.77. The van der Waals surface area contributed by atoms with Crippen molar-refractivity contribution in [2.24, 2.45) is 0 Å². The van der Waals surface area contributed by atoms with E-state index in [9.17, 15) is 16.8 Å². The Morgan fingerprint density at radius 3 is 1.80 bits per heavy atom. The highest BCUT2D eigenvalue weighted by atomic mass is 32.2. The van der Waals surface area contributed by atoms with Gasteiger partial charge in [-0.1, -0.05) is 47.5 Å². The van der Waals surface area contributed by atoms with Crippen LogP contribution < -0.4 is 9.47 Å². The first-order chi connectivity index (χ1) is 21.0. The Morgan fingerprint density at radius 1 is 0.682 bits per heavy atom. The molecular formula is C34H34N2O6S2. The van der Waals surface area contributed by atoms with Crippen LogP contribution in [-0.4, -0.2) is 45.9 Å². The molecule has 1 aliphatic rings. The number of sulfonamides is 1. The van der Waals surface area contributed by atoms with Gasteiger partial charge in [-0.2, -0.15) is 4.31 Å². The molecule has 5 aromatic rings. The molecule has 2 heterocycles. The molecule has 1 aromatic heterocycles. The van der Waals surface area contributed by atoms with Gasteiger partial charge in [0.1, 0.15) is 11.5 Å². The van der Waals surface area contributed by atoms with Gasteiger partial charge >= 0.3 is 0 Å². The third-order valence-corrected chi connectivity index (χ3v) is 11.9. The molecule has 8 nitrogen and oxygen atoms in total. The summed E-state index contributed by atoms with van der Waals surface area (Å²) in [6.07, 6.45) is 0.362. The topological polar surface area (TPSA) is 94.9 Å². The minimum absolute atomic E-state index is 0.00170. The van der Waals surface area contributed by atoms with E-state index in [2.05, 4.69) is 0 Å². The zero-order valence-corrected chi connectivity index (χ0v) is 26.7. The van der Waals surface area contributed by atoms with Crippen molar-refractivity contribution in [1.82, 2.24) is 8.28 Å². The summed E-state index contributed by atoms with van der Waals surface area (Å²) in [5.74, 6) is 0.778. The van der Waals surface area contributed by atoms with Gasteiger partial charge in [-0.05, 0) is 86.0 Å². The summed E-state index contributed by atoms with van der Waals surface area (Å²) in [7, 11) is -4.86. The molecule has 0 N–H and O–H groups in total. The Bertz CT molecular complexity index is 2050.